The molecule has 0 aliphatic rings. The van der Waals surface area contributed by atoms with Crippen LogP contribution in [0.25, 0.3) is 0 Å². The molecule has 3 heteroatoms. The van der Waals surface area contributed by atoms with Gasteiger partial charge in [-0.2, -0.15) is 0 Å². The SMILES string of the molecule is CCCN(Cc1ccccc1)C(=O)CCc1cccc(OC)c1. The normalized spacial score (nSPS) is 10.3. The highest BCUT2D eigenvalue weighted by molar-refractivity contribution is 5.76. The second-order valence-corrected chi connectivity index (χ2v) is 5.65. The van der Waals surface area contributed by atoms with Crippen LogP contribution in [0.2, 0.25) is 0 Å². The molecule has 0 unspecified atom stereocenters. The lowest BCUT2D eigenvalue weighted by atomic mass is 10.1. The molecule has 0 saturated carbocycles. The average molecular weight is 311 g/mol. The van der Waals surface area contributed by atoms with Gasteiger partial charge in [0.25, 0.3) is 0 Å². The van der Waals surface area contributed by atoms with E-state index in [0.717, 1.165) is 30.7 Å². The zero-order valence-corrected chi connectivity index (χ0v) is 14.0. The fourth-order valence-corrected chi connectivity index (χ4v) is 2.60. The maximum atomic E-state index is 12.6. The van der Waals surface area contributed by atoms with Gasteiger partial charge in [-0.3, -0.25) is 4.79 Å². The highest BCUT2D eigenvalue weighted by Crippen LogP contribution is 2.15. The molecule has 2 aromatic carbocycles. The second-order valence-electron chi connectivity index (χ2n) is 5.65. The van der Waals surface area contributed by atoms with Gasteiger partial charge in [0, 0.05) is 19.5 Å². The summed E-state index contributed by atoms with van der Waals surface area (Å²) < 4.78 is 5.23. The fourth-order valence-electron chi connectivity index (χ4n) is 2.60. The number of rotatable bonds is 8. The summed E-state index contributed by atoms with van der Waals surface area (Å²) in [7, 11) is 1.66. The Bertz CT molecular complexity index is 610. The van der Waals surface area contributed by atoms with Crippen molar-refractivity contribution in [3.63, 3.8) is 0 Å². The largest absolute Gasteiger partial charge is 0.497 e. The van der Waals surface area contributed by atoms with Crippen molar-refractivity contribution >= 4 is 5.91 Å². The van der Waals surface area contributed by atoms with Gasteiger partial charge < -0.3 is 9.64 Å². The van der Waals surface area contributed by atoms with Crippen molar-refractivity contribution in [1.29, 1.82) is 0 Å². The number of hydrogen-bond acceptors (Lipinski definition) is 2. The molecule has 0 radical (unpaired) electrons. The highest BCUT2D eigenvalue weighted by Gasteiger charge is 2.13. The molecular weight excluding hydrogens is 286 g/mol. The first-order valence-electron chi connectivity index (χ1n) is 8.17. The Morgan fingerprint density at radius 1 is 1.04 bits per heavy atom. The molecule has 0 spiro atoms. The molecule has 0 aromatic heterocycles. The van der Waals surface area contributed by atoms with E-state index in [9.17, 15) is 4.79 Å². The maximum Gasteiger partial charge on any atom is 0.223 e. The molecule has 0 N–H and O–H groups in total. The van der Waals surface area contributed by atoms with Crippen LogP contribution in [0.15, 0.2) is 54.6 Å². The first-order chi connectivity index (χ1) is 11.2. The Morgan fingerprint density at radius 3 is 2.48 bits per heavy atom. The van der Waals surface area contributed by atoms with Crippen molar-refractivity contribution in [3.05, 3.63) is 65.7 Å². The molecule has 23 heavy (non-hydrogen) atoms. The summed E-state index contributed by atoms with van der Waals surface area (Å²) >= 11 is 0. The molecular formula is C20H25NO2. The van der Waals surface area contributed by atoms with Crippen LogP contribution in [0.4, 0.5) is 0 Å². The van der Waals surface area contributed by atoms with Gasteiger partial charge in [0.2, 0.25) is 5.91 Å². The summed E-state index contributed by atoms with van der Waals surface area (Å²) in [6, 6.07) is 18.1. The second kappa shape index (κ2) is 8.99. The Morgan fingerprint density at radius 2 is 1.78 bits per heavy atom. The van der Waals surface area contributed by atoms with Gasteiger partial charge in [-0.05, 0) is 36.1 Å². The number of amides is 1. The third-order valence-corrected chi connectivity index (χ3v) is 3.82. The van der Waals surface area contributed by atoms with Crippen LogP contribution in [0.5, 0.6) is 5.75 Å². The summed E-state index contributed by atoms with van der Waals surface area (Å²) in [5.74, 6) is 1.04. The summed E-state index contributed by atoms with van der Waals surface area (Å²) in [6.45, 7) is 3.59. The molecule has 0 fully saturated rings. The molecule has 0 bridgehead atoms. The van der Waals surface area contributed by atoms with Crippen LogP contribution in [0.1, 0.15) is 30.9 Å². The van der Waals surface area contributed by atoms with Crippen molar-refractivity contribution < 1.29 is 9.53 Å². The number of ether oxygens (including phenoxy) is 1. The van der Waals surface area contributed by atoms with Crippen LogP contribution >= 0.6 is 0 Å². The fraction of sp³-hybridized carbons (Fsp3) is 0.350. The molecule has 1 amide bonds. The van der Waals surface area contributed by atoms with E-state index in [-0.39, 0.29) is 5.91 Å². The number of aryl methyl sites for hydroxylation is 1. The predicted octanol–water partition coefficient (Wildman–Crippen LogP) is 4.07. The van der Waals surface area contributed by atoms with Gasteiger partial charge in [0.1, 0.15) is 5.75 Å². The first-order valence-corrected chi connectivity index (χ1v) is 8.17. The van der Waals surface area contributed by atoms with Gasteiger partial charge in [0.05, 0.1) is 7.11 Å². The van der Waals surface area contributed by atoms with Crippen LogP contribution in [-0.2, 0) is 17.8 Å². The third-order valence-electron chi connectivity index (χ3n) is 3.82. The number of methoxy groups -OCH3 is 1. The van der Waals surface area contributed by atoms with Gasteiger partial charge in [-0.25, -0.2) is 0 Å². The zero-order chi connectivity index (χ0) is 16.5. The van der Waals surface area contributed by atoms with Crippen molar-refractivity contribution in [2.45, 2.75) is 32.7 Å². The summed E-state index contributed by atoms with van der Waals surface area (Å²) in [6.07, 6.45) is 2.24. The van der Waals surface area contributed by atoms with E-state index in [1.54, 1.807) is 7.11 Å². The minimum Gasteiger partial charge on any atom is -0.497 e. The minimum absolute atomic E-state index is 0.207. The molecule has 0 heterocycles. The van der Waals surface area contributed by atoms with Crippen LogP contribution < -0.4 is 4.74 Å². The van der Waals surface area contributed by atoms with Crippen molar-refractivity contribution in [2.24, 2.45) is 0 Å². The van der Waals surface area contributed by atoms with E-state index in [0.29, 0.717) is 13.0 Å². The summed E-state index contributed by atoms with van der Waals surface area (Å²) in [5.41, 5.74) is 2.31. The lowest BCUT2D eigenvalue weighted by molar-refractivity contribution is -0.131. The quantitative estimate of drug-likeness (QED) is 0.735. The van der Waals surface area contributed by atoms with Gasteiger partial charge >= 0.3 is 0 Å². The maximum absolute atomic E-state index is 12.6. The van der Waals surface area contributed by atoms with Gasteiger partial charge in [-0.1, -0.05) is 49.4 Å². The molecule has 122 valence electrons. The molecule has 2 rings (SSSR count). The Labute approximate surface area is 138 Å². The molecule has 0 aliphatic carbocycles. The van der Waals surface area contributed by atoms with Crippen LogP contribution in [0.3, 0.4) is 0 Å². The monoisotopic (exact) mass is 311 g/mol. The van der Waals surface area contributed by atoms with E-state index in [1.165, 1.54) is 5.56 Å². The van der Waals surface area contributed by atoms with E-state index in [1.807, 2.05) is 47.4 Å². The Balaban J connectivity index is 1.94. The van der Waals surface area contributed by atoms with E-state index in [2.05, 4.69) is 19.1 Å². The smallest absolute Gasteiger partial charge is 0.223 e. The van der Waals surface area contributed by atoms with Crippen molar-refractivity contribution in [2.75, 3.05) is 13.7 Å². The van der Waals surface area contributed by atoms with Crippen molar-refractivity contribution in [3.8, 4) is 5.75 Å². The van der Waals surface area contributed by atoms with E-state index in [4.69, 9.17) is 4.74 Å². The molecule has 3 nitrogen and oxygen atoms in total. The Hall–Kier alpha value is -2.29. The van der Waals surface area contributed by atoms with Gasteiger partial charge in [-0.15, -0.1) is 0 Å². The highest BCUT2D eigenvalue weighted by atomic mass is 16.5. The number of benzene rings is 2. The summed E-state index contributed by atoms with van der Waals surface area (Å²) in [5, 5.41) is 0. The lowest BCUT2D eigenvalue weighted by Gasteiger charge is -2.22. The number of carbonyl (C=O) groups excluding carboxylic acids is 1. The topological polar surface area (TPSA) is 29.5 Å². The summed E-state index contributed by atoms with van der Waals surface area (Å²) in [4.78, 5) is 14.5. The number of carbonyl (C=O) groups is 1. The molecule has 0 atom stereocenters. The van der Waals surface area contributed by atoms with Gasteiger partial charge in [0.15, 0.2) is 0 Å². The number of hydrogen-bond donors (Lipinski definition) is 0. The molecule has 0 aliphatic heterocycles. The first kappa shape index (κ1) is 17.1. The predicted molar refractivity (Wildman–Crippen MR) is 93.5 cm³/mol. The molecule has 2 aromatic rings. The van der Waals surface area contributed by atoms with E-state index >= 15 is 0 Å². The molecule has 0 saturated heterocycles. The van der Waals surface area contributed by atoms with Crippen LogP contribution in [0, 0.1) is 0 Å². The van der Waals surface area contributed by atoms with Crippen molar-refractivity contribution in [1.82, 2.24) is 4.90 Å². The standard InChI is InChI=1S/C20H25NO2/c1-3-14-21(16-18-8-5-4-6-9-18)20(22)13-12-17-10-7-11-19(15-17)23-2/h4-11,15H,3,12-14,16H2,1-2H3. The Kier molecular flexibility index (Phi) is 6.67. The third kappa shape index (κ3) is 5.44. The zero-order valence-electron chi connectivity index (χ0n) is 14.0. The van der Waals surface area contributed by atoms with E-state index < -0.39 is 0 Å². The average Bonchev–Trinajstić information content (AvgIpc) is 2.60. The lowest BCUT2D eigenvalue weighted by Crippen LogP contribution is -2.31. The minimum atomic E-state index is 0.207. The number of nitrogens with zero attached hydrogens (tertiary/aromatic N) is 1. The van der Waals surface area contributed by atoms with Crippen LogP contribution in [-0.4, -0.2) is 24.5 Å².